The van der Waals surface area contributed by atoms with Crippen molar-refractivity contribution >= 4 is 5.97 Å². The molecule has 1 aliphatic carbocycles. The van der Waals surface area contributed by atoms with Crippen LogP contribution in [0.4, 0.5) is 0 Å². The Morgan fingerprint density at radius 1 is 1.05 bits per heavy atom. The maximum Gasteiger partial charge on any atom is 0.303 e. The van der Waals surface area contributed by atoms with E-state index in [2.05, 4.69) is 24.3 Å². The largest absolute Gasteiger partial charge is 0.481 e. The molecule has 114 valence electrons. The average Bonchev–Trinajstić information content (AvgIpc) is 2.52. The lowest BCUT2D eigenvalue weighted by Crippen LogP contribution is -2.50. The molecular weight excluding hydrogens is 274 g/mol. The number of hydrogen-bond acceptors (Lipinski definition) is 2. The van der Waals surface area contributed by atoms with Gasteiger partial charge >= 0.3 is 5.97 Å². The predicted molar refractivity (Wildman–Crippen MR) is 86.7 cm³/mol. The van der Waals surface area contributed by atoms with E-state index in [0.717, 1.165) is 6.42 Å². The van der Waals surface area contributed by atoms with Crippen molar-refractivity contribution in [3.63, 3.8) is 0 Å². The van der Waals surface area contributed by atoms with Crippen LogP contribution in [0, 0.1) is 5.41 Å². The van der Waals surface area contributed by atoms with Gasteiger partial charge in [-0.15, -0.1) is 0 Å². The minimum Gasteiger partial charge on any atom is -0.481 e. The summed E-state index contributed by atoms with van der Waals surface area (Å²) in [6, 6.07) is 20.5. The minimum absolute atomic E-state index is 0.131. The van der Waals surface area contributed by atoms with Gasteiger partial charge in [0, 0.05) is 5.41 Å². The monoisotopic (exact) mass is 295 g/mol. The summed E-state index contributed by atoms with van der Waals surface area (Å²) < 4.78 is 0. The van der Waals surface area contributed by atoms with Crippen LogP contribution in [0.2, 0.25) is 0 Å². The molecule has 0 aliphatic heterocycles. The third kappa shape index (κ3) is 2.53. The zero-order chi connectivity index (χ0) is 15.6. The van der Waals surface area contributed by atoms with E-state index < -0.39 is 5.97 Å². The van der Waals surface area contributed by atoms with Crippen molar-refractivity contribution in [1.29, 1.82) is 0 Å². The number of benzene rings is 2. The van der Waals surface area contributed by atoms with Crippen LogP contribution < -0.4 is 5.73 Å². The molecule has 3 rings (SSSR count). The molecule has 3 heteroatoms. The minimum atomic E-state index is -0.766. The van der Waals surface area contributed by atoms with Crippen molar-refractivity contribution < 1.29 is 9.90 Å². The lowest BCUT2D eigenvalue weighted by atomic mass is 9.49. The lowest BCUT2D eigenvalue weighted by Gasteiger charge is -2.55. The summed E-state index contributed by atoms with van der Waals surface area (Å²) in [5.74, 6) is -0.262. The SMILES string of the molecule is NCC1(CC(=O)O)C[C@@H](c2ccccc2)[C@@H]1c1ccccc1. The van der Waals surface area contributed by atoms with Crippen molar-refractivity contribution in [2.45, 2.75) is 24.7 Å². The Hall–Kier alpha value is -2.13. The Morgan fingerprint density at radius 3 is 2.09 bits per heavy atom. The first-order valence-electron chi connectivity index (χ1n) is 7.68. The van der Waals surface area contributed by atoms with Gasteiger partial charge in [0.2, 0.25) is 0 Å². The molecule has 0 saturated heterocycles. The van der Waals surface area contributed by atoms with Gasteiger partial charge in [0.15, 0.2) is 0 Å². The second-order valence-electron chi connectivity index (χ2n) is 6.25. The van der Waals surface area contributed by atoms with E-state index in [-0.39, 0.29) is 17.8 Å². The second kappa shape index (κ2) is 5.93. The number of hydrogen-bond donors (Lipinski definition) is 2. The van der Waals surface area contributed by atoms with E-state index in [1.165, 1.54) is 11.1 Å². The predicted octanol–water partition coefficient (Wildman–Crippen LogP) is 3.38. The van der Waals surface area contributed by atoms with Gasteiger partial charge in [0.1, 0.15) is 0 Å². The average molecular weight is 295 g/mol. The number of rotatable bonds is 5. The van der Waals surface area contributed by atoms with Crippen LogP contribution in [-0.4, -0.2) is 17.6 Å². The highest BCUT2D eigenvalue weighted by atomic mass is 16.4. The van der Waals surface area contributed by atoms with E-state index in [4.69, 9.17) is 5.73 Å². The van der Waals surface area contributed by atoms with Crippen LogP contribution in [0.25, 0.3) is 0 Å². The molecular formula is C19H21NO2. The summed E-state index contributed by atoms with van der Waals surface area (Å²) in [5.41, 5.74) is 8.14. The Morgan fingerprint density at radius 2 is 1.59 bits per heavy atom. The molecule has 3 N–H and O–H groups in total. The fourth-order valence-electron chi connectivity index (χ4n) is 3.97. The molecule has 1 aliphatic rings. The molecule has 0 spiro atoms. The van der Waals surface area contributed by atoms with Crippen LogP contribution in [0.15, 0.2) is 60.7 Å². The second-order valence-corrected chi connectivity index (χ2v) is 6.25. The number of carboxylic acid groups (broad SMARTS) is 1. The third-order valence-corrected chi connectivity index (χ3v) is 4.98. The van der Waals surface area contributed by atoms with Gasteiger partial charge in [0.05, 0.1) is 6.42 Å². The zero-order valence-corrected chi connectivity index (χ0v) is 12.5. The molecule has 0 amide bonds. The van der Waals surface area contributed by atoms with Crippen LogP contribution in [0.1, 0.15) is 35.8 Å². The van der Waals surface area contributed by atoms with E-state index >= 15 is 0 Å². The van der Waals surface area contributed by atoms with Gasteiger partial charge in [-0.2, -0.15) is 0 Å². The van der Waals surface area contributed by atoms with Gasteiger partial charge in [-0.05, 0) is 35.9 Å². The van der Waals surface area contributed by atoms with E-state index in [1.807, 2.05) is 36.4 Å². The topological polar surface area (TPSA) is 63.3 Å². The molecule has 0 heterocycles. The number of carboxylic acids is 1. The molecule has 22 heavy (non-hydrogen) atoms. The van der Waals surface area contributed by atoms with E-state index in [0.29, 0.717) is 12.5 Å². The highest BCUT2D eigenvalue weighted by Crippen LogP contribution is 2.62. The summed E-state index contributed by atoms with van der Waals surface area (Å²) in [6.45, 7) is 0.405. The summed E-state index contributed by atoms with van der Waals surface area (Å²) in [6.07, 6.45) is 0.964. The molecule has 1 saturated carbocycles. The Kier molecular flexibility index (Phi) is 3.99. The first-order chi connectivity index (χ1) is 10.7. The van der Waals surface area contributed by atoms with Gasteiger partial charge in [0.25, 0.3) is 0 Å². The molecule has 2 aromatic carbocycles. The normalized spacial score (nSPS) is 27.1. The molecule has 0 aromatic heterocycles. The quantitative estimate of drug-likeness (QED) is 0.889. The summed E-state index contributed by atoms with van der Waals surface area (Å²) in [7, 11) is 0. The third-order valence-electron chi connectivity index (χ3n) is 4.98. The molecule has 1 unspecified atom stereocenters. The first kappa shape index (κ1) is 14.8. The van der Waals surface area contributed by atoms with Crippen LogP contribution in [0.3, 0.4) is 0 Å². The summed E-state index contributed by atoms with van der Waals surface area (Å²) in [5, 5.41) is 9.31. The molecule has 2 aromatic rings. The van der Waals surface area contributed by atoms with E-state index in [9.17, 15) is 9.90 Å². The Balaban J connectivity index is 1.99. The molecule has 3 nitrogen and oxygen atoms in total. The van der Waals surface area contributed by atoms with Gasteiger partial charge < -0.3 is 10.8 Å². The summed E-state index contributed by atoms with van der Waals surface area (Å²) in [4.78, 5) is 11.3. The number of aliphatic carboxylic acids is 1. The smallest absolute Gasteiger partial charge is 0.303 e. The number of nitrogens with two attached hydrogens (primary N) is 1. The van der Waals surface area contributed by atoms with Gasteiger partial charge in [-0.3, -0.25) is 4.79 Å². The van der Waals surface area contributed by atoms with Crippen molar-refractivity contribution in [1.82, 2.24) is 0 Å². The van der Waals surface area contributed by atoms with Crippen LogP contribution in [-0.2, 0) is 4.79 Å². The van der Waals surface area contributed by atoms with Gasteiger partial charge in [-0.1, -0.05) is 60.7 Å². The standard InChI is InChI=1S/C19H21NO2/c20-13-19(12-17(21)22)11-16(14-7-3-1-4-8-14)18(19)15-9-5-2-6-10-15/h1-10,16,18H,11-13,20H2,(H,21,22)/t16-,18-,19?/m0/s1. The lowest BCUT2D eigenvalue weighted by molar-refractivity contribution is -0.142. The maximum absolute atomic E-state index is 11.3. The van der Waals surface area contributed by atoms with Crippen molar-refractivity contribution in [3.05, 3.63) is 71.8 Å². The highest BCUT2D eigenvalue weighted by molar-refractivity contribution is 5.68. The van der Waals surface area contributed by atoms with Gasteiger partial charge in [-0.25, -0.2) is 0 Å². The fourth-order valence-corrected chi connectivity index (χ4v) is 3.97. The van der Waals surface area contributed by atoms with Crippen LogP contribution >= 0.6 is 0 Å². The molecule has 3 atom stereocenters. The maximum atomic E-state index is 11.3. The molecule has 0 radical (unpaired) electrons. The van der Waals surface area contributed by atoms with Crippen LogP contribution in [0.5, 0.6) is 0 Å². The fraction of sp³-hybridized carbons (Fsp3) is 0.316. The summed E-state index contributed by atoms with van der Waals surface area (Å²) >= 11 is 0. The number of carbonyl (C=O) groups is 1. The zero-order valence-electron chi connectivity index (χ0n) is 12.5. The Labute approximate surface area is 130 Å². The van der Waals surface area contributed by atoms with E-state index in [1.54, 1.807) is 0 Å². The first-order valence-corrected chi connectivity index (χ1v) is 7.68. The molecule has 0 bridgehead atoms. The molecule has 1 fully saturated rings. The van der Waals surface area contributed by atoms with Crippen molar-refractivity contribution in [2.75, 3.05) is 6.54 Å². The Bertz CT molecular complexity index is 641. The highest BCUT2D eigenvalue weighted by Gasteiger charge is 2.54. The van der Waals surface area contributed by atoms with Crippen molar-refractivity contribution in [3.8, 4) is 0 Å². The van der Waals surface area contributed by atoms with Crippen molar-refractivity contribution in [2.24, 2.45) is 11.1 Å².